The lowest BCUT2D eigenvalue weighted by Gasteiger charge is -2.18. The van der Waals surface area contributed by atoms with Gasteiger partial charge in [0.15, 0.2) is 11.5 Å². The van der Waals surface area contributed by atoms with Crippen molar-refractivity contribution in [1.29, 1.82) is 0 Å². The second-order valence-corrected chi connectivity index (χ2v) is 4.71. The first-order valence-electron chi connectivity index (χ1n) is 6.34. The molecule has 1 aromatic rings. The average Bonchev–Trinajstić information content (AvgIpc) is 2.50. The molecule has 0 radical (unpaired) electrons. The predicted molar refractivity (Wildman–Crippen MR) is 77.4 cm³/mol. The van der Waals surface area contributed by atoms with Crippen LogP contribution in [0, 0.1) is 0 Å². The van der Waals surface area contributed by atoms with Crippen LogP contribution in [0.1, 0.15) is 24.3 Å². The zero-order valence-corrected chi connectivity index (χ0v) is 12.6. The molecule has 112 valence electrons. The van der Waals surface area contributed by atoms with Crippen molar-refractivity contribution < 1.29 is 19.4 Å². The number of carbonyl (C=O) groups excluding carboxylic acids is 1. The van der Waals surface area contributed by atoms with Crippen LogP contribution in [-0.4, -0.2) is 37.9 Å². The second kappa shape index (κ2) is 7.97. The van der Waals surface area contributed by atoms with E-state index in [1.807, 2.05) is 6.92 Å². The zero-order chi connectivity index (χ0) is 15.1. The van der Waals surface area contributed by atoms with Gasteiger partial charge >= 0.3 is 0 Å². The minimum absolute atomic E-state index is 0.113. The first-order valence-corrected chi connectivity index (χ1v) is 6.78. The summed E-state index contributed by atoms with van der Waals surface area (Å²) < 4.78 is 10.3. The number of halogens is 1. The summed E-state index contributed by atoms with van der Waals surface area (Å²) in [5.74, 6) is 0.736. The standard InChI is InChI=1S/C14H20ClNO4/c1-4-10(8-17)16-14(18)13(15)9-5-6-11(19-2)12(7-9)20-3/h5-7,10,13,17H,4,8H2,1-3H3,(H,16,18). The number of amides is 1. The highest BCUT2D eigenvalue weighted by Crippen LogP contribution is 2.32. The SMILES string of the molecule is CCC(CO)NC(=O)C(Cl)c1ccc(OC)c(OC)c1. The molecule has 1 rings (SSSR count). The first kappa shape index (κ1) is 16.6. The van der Waals surface area contributed by atoms with Crippen molar-refractivity contribution in [3.05, 3.63) is 23.8 Å². The maximum atomic E-state index is 12.0. The van der Waals surface area contributed by atoms with Crippen LogP contribution in [0.5, 0.6) is 11.5 Å². The molecule has 2 unspecified atom stereocenters. The first-order chi connectivity index (χ1) is 9.57. The summed E-state index contributed by atoms with van der Waals surface area (Å²) in [5, 5.41) is 10.9. The van der Waals surface area contributed by atoms with Crippen molar-refractivity contribution in [3.8, 4) is 11.5 Å². The third kappa shape index (κ3) is 4.02. The molecule has 1 aromatic carbocycles. The van der Waals surface area contributed by atoms with Gasteiger partial charge in [-0.3, -0.25) is 4.79 Å². The van der Waals surface area contributed by atoms with Crippen LogP contribution < -0.4 is 14.8 Å². The monoisotopic (exact) mass is 301 g/mol. The number of methoxy groups -OCH3 is 2. The van der Waals surface area contributed by atoms with Crippen molar-refractivity contribution in [2.24, 2.45) is 0 Å². The van der Waals surface area contributed by atoms with Crippen LogP contribution in [-0.2, 0) is 4.79 Å². The Bertz CT molecular complexity index is 449. The van der Waals surface area contributed by atoms with Crippen LogP contribution >= 0.6 is 11.6 Å². The molecule has 0 saturated carbocycles. The molecule has 0 aromatic heterocycles. The van der Waals surface area contributed by atoms with Crippen molar-refractivity contribution in [1.82, 2.24) is 5.32 Å². The number of carbonyl (C=O) groups is 1. The Morgan fingerprint density at radius 1 is 1.35 bits per heavy atom. The summed E-state index contributed by atoms with van der Waals surface area (Å²) in [6.07, 6.45) is 0.637. The molecule has 0 bridgehead atoms. The fourth-order valence-corrected chi connectivity index (χ4v) is 1.91. The number of aliphatic hydroxyl groups is 1. The third-order valence-corrected chi connectivity index (χ3v) is 3.44. The Labute approximate surface area is 123 Å². The number of aliphatic hydroxyl groups excluding tert-OH is 1. The number of benzene rings is 1. The Morgan fingerprint density at radius 2 is 2.00 bits per heavy atom. The van der Waals surface area contributed by atoms with Gasteiger partial charge < -0.3 is 19.9 Å². The minimum atomic E-state index is -0.851. The largest absolute Gasteiger partial charge is 0.493 e. The Balaban J connectivity index is 2.86. The van der Waals surface area contributed by atoms with E-state index in [0.717, 1.165) is 0 Å². The van der Waals surface area contributed by atoms with E-state index in [1.165, 1.54) is 14.2 Å². The molecule has 1 amide bonds. The van der Waals surface area contributed by atoms with Crippen molar-refractivity contribution >= 4 is 17.5 Å². The fraction of sp³-hybridized carbons (Fsp3) is 0.500. The van der Waals surface area contributed by atoms with Gasteiger partial charge in [-0.25, -0.2) is 0 Å². The van der Waals surface area contributed by atoms with Gasteiger partial charge in [0.25, 0.3) is 0 Å². The molecular weight excluding hydrogens is 282 g/mol. The maximum absolute atomic E-state index is 12.0. The van der Waals surface area contributed by atoms with Crippen molar-refractivity contribution in [2.45, 2.75) is 24.8 Å². The Hall–Kier alpha value is -1.46. The molecule has 5 nitrogen and oxygen atoms in total. The van der Waals surface area contributed by atoms with Crippen LogP contribution in [0.3, 0.4) is 0 Å². The van der Waals surface area contributed by atoms with E-state index in [1.54, 1.807) is 18.2 Å². The molecule has 0 saturated heterocycles. The van der Waals surface area contributed by atoms with Gasteiger partial charge in [-0.05, 0) is 24.1 Å². The number of hydrogen-bond acceptors (Lipinski definition) is 4. The number of rotatable bonds is 7. The number of nitrogens with one attached hydrogen (secondary N) is 1. The molecule has 0 aliphatic heterocycles. The summed E-state index contributed by atoms with van der Waals surface area (Å²) >= 11 is 6.15. The topological polar surface area (TPSA) is 67.8 Å². The normalized spacial score (nSPS) is 13.4. The van der Waals surface area contributed by atoms with E-state index in [9.17, 15) is 4.79 Å². The van der Waals surface area contributed by atoms with Gasteiger partial charge in [-0.15, -0.1) is 11.6 Å². The highest BCUT2D eigenvalue weighted by Gasteiger charge is 2.21. The molecule has 2 atom stereocenters. The molecular formula is C14H20ClNO4. The van der Waals surface area contributed by atoms with Gasteiger partial charge in [0.2, 0.25) is 5.91 Å². The zero-order valence-electron chi connectivity index (χ0n) is 11.9. The van der Waals surface area contributed by atoms with Crippen LogP contribution in [0.2, 0.25) is 0 Å². The number of alkyl halides is 1. The lowest BCUT2D eigenvalue weighted by molar-refractivity contribution is -0.121. The summed E-state index contributed by atoms with van der Waals surface area (Å²) in [6, 6.07) is 4.78. The highest BCUT2D eigenvalue weighted by molar-refractivity contribution is 6.30. The molecule has 0 aliphatic rings. The van der Waals surface area contributed by atoms with E-state index in [2.05, 4.69) is 5.32 Å². The fourth-order valence-electron chi connectivity index (χ4n) is 1.71. The molecule has 2 N–H and O–H groups in total. The van der Waals surface area contributed by atoms with Gasteiger partial charge in [-0.1, -0.05) is 13.0 Å². The summed E-state index contributed by atoms with van der Waals surface area (Å²) in [7, 11) is 3.05. The summed E-state index contributed by atoms with van der Waals surface area (Å²) in [6.45, 7) is 1.76. The maximum Gasteiger partial charge on any atom is 0.242 e. The van der Waals surface area contributed by atoms with Gasteiger partial charge in [0, 0.05) is 0 Å². The van der Waals surface area contributed by atoms with Crippen molar-refractivity contribution in [2.75, 3.05) is 20.8 Å². The van der Waals surface area contributed by atoms with Gasteiger partial charge in [0.1, 0.15) is 5.38 Å². The van der Waals surface area contributed by atoms with Gasteiger partial charge in [-0.2, -0.15) is 0 Å². The summed E-state index contributed by atoms with van der Waals surface area (Å²) in [5.41, 5.74) is 0.606. The molecule has 0 fully saturated rings. The minimum Gasteiger partial charge on any atom is -0.493 e. The van der Waals surface area contributed by atoms with Crippen molar-refractivity contribution in [3.63, 3.8) is 0 Å². The van der Waals surface area contributed by atoms with E-state index in [0.29, 0.717) is 23.5 Å². The molecule has 0 aliphatic carbocycles. The van der Waals surface area contributed by atoms with Crippen LogP contribution in [0.15, 0.2) is 18.2 Å². The number of ether oxygens (including phenoxy) is 2. The van der Waals surface area contributed by atoms with Gasteiger partial charge in [0.05, 0.1) is 26.9 Å². The Morgan fingerprint density at radius 3 is 2.50 bits per heavy atom. The Kier molecular flexibility index (Phi) is 6.61. The molecule has 0 spiro atoms. The van der Waals surface area contributed by atoms with Crippen LogP contribution in [0.25, 0.3) is 0 Å². The molecule has 20 heavy (non-hydrogen) atoms. The van der Waals surface area contributed by atoms with E-state index in [4.69, 9.17) is 26.2 Å². The third-order valence-electron chi connectivity index (χ3n) is 2.99. The predicted octanol–water partition coefficient (Wildman–Crippen LogP) is 1.87. The van der Waals surface area contributed by atoms with E-state index < -0.39 is 5.38 Å². The quantitative estimate of drug-likeness (QED) is 0.755. The number of hydrogen-bond donors (Lipinski definition) is 2. The summed E-state index contributed by atoms with van der Waals surface area (Å²) in [4.78, 5) is 12.0. The van der Waals surface area contributed by atoms with Crippen LogP contribution in [0.4, 0.5) is 0 Å². The molecule has 0 heterocycles. The smallest absolute Gasteiger partial charge is 0.242 e. The lowest BCUT2D eigenvalue weighted by Crippen LogP contribution is -2.38. The lowest BCUT2D eigenvalue weighted by atomic mass is 10.1. The van der Waals surface area contributed by atoms with E-state index >= 15 is 0 Å². The second-order valence-electron chi connectivity index (χ2n) is 4.27. The van der Waals surface area contributed by atoms with E-state index in [-0.39, 0.29) is 18.6 Å². The average molecular weight is 302 g/mol. The highest BCUT2D eigenvalue weighted by atomic mass is 35.5. The molecule has 6 heteroatoms.